The molecule has 1 nitrogen and oxygen atoms in total. The standard InChI is InChI=1S/C17H15NS/c1-12-6-5-7-14(10-12)17-15-8-3-4-9-16(15)19-11-13(2)18-17/h3-11H,1-2H3. The predicted molar refractivity (Wildman–Crippen MR) is 82.9 cm³/mol. The van der Waals surface area contributed by atoms with E-state index in [1.165, 1.54) is 21.6 Å². The van der Waals surface area contributed by atoms with Crippen molar-refractivity contribution in [2.45, 2.75) is 18.7 Å². The van der Waals surface area contributed by atoms with E-state index < -0.39 is 0 Å². The van der Waals surface area contributed by atoms with Crippen molar-refractivity contribution in [1.29, 1.82) is 0 Å². The Labute approximate surface area is 118 Å². The molecule has 0 saturated heterocycles. The van der Waals surface area contributed by atoms with E-state index in [9.17, 15) is 0 Å². The Hall–Kier alpha value is -1.80. The van der Waals surface area contributed by atoms with Gasteiger partial charge in [-0.15, -0.1) is 0 Å². The molecule has 0 unspecified atom stereocenters. The van der Waals surface area contributed by atoms with Gasteiger partial charge in [-0.25, -0.2) is 0 Å². The maximum absolute atomic E-state index is 4.79. The van der Waals surface area contributed by atoms with E-state index in [0.717, 1.165) is 11.4 Å². The fourth-order valence-electron chi connectivity index (χ4n) is 2.19. The molecule has 0 radical (unpaired) electrons. The minimum absolute atomic E-state index is 1.05. The lowest BCUT2D eigenvalue weighted by molar-refractivity contribution is 1.30. The summed E-state index contributed by atoms with van der Waals surface area (Å²) in [5, 5.41) is 2.11. The third-order valence-electron chi connectivity index (χ3n) is 3.08. The van der Waals surface area contributed by atoms with Gasteiger partial charge in [-0.05, 0) is 31.4 Å². The van der Waals surface area contributed by atoms with Crippen LogP contribution in [0.3, 0.4) is 0 Å². The van der Waals surface area contributed by atoms with Crippen molar-refractivity contribution in [2.24, 2.45) is 4.99 Å². The Balaban J connectivity index is 2.21. The lowest BCUT2D eigenvalue weighted by Gasteiger charge is -2.09. The molecule has 1 aliphatic rings. The molecule has 0 amide bonds. The minimum Gasteiger partial charge on any atom is -0.252 e. The summed E-state index contributed by atoms with van der Waals surface area (Å²) < 4.78 is 0. The molecule has 19 heavy (non-hydrogen) atoms. The lowest BCUT2D eigenvalue weighted by Crippen LogP contribution is -2.04. The van der Waals surface area contributed by atoms with E-state index in [-0.39, 0.29) is 0 Å². The van der Waals surface area contributed by atoms with Gasteiger partial charge in [0.1, 0.15) is 0 Å². The predicted octanol–water partition coefficient (Wildman–Crippen LogP) is 4.80. The molecule has 2 aromatic carbocycles. The first-order chi connectivity index (χ1) is 9.24. The fraction of sp³-hybridized carbons (Fsp3) is 0.118. The smallest absolute Gasteiger partial charge is 0.0789 e. The second-order valence-corrected chi connectivity index (χ2v) is 5.61. The van der Waals surface area contributed by atoms with Gasteiger partial charge in [0.05, 0.1) is 5.71 Å². The monoisotopic (exact) mass is 265 g/mol. The Morgan fingerprint density at radius 3 is 2.63 bits per heavy atom. The molecule has 94 valence electrons. The minimum atomic E-state index is 1.05. The van der Waals surface area contributed by atoms with Crippen molar-refractivity contribution in [2.75, 3.05) is 0 Å². The van der Waals surface area contributed by atoms with Crippen LogP contribution in [0, 0.1) is 6.92 Å². The first kappa shape index (κ1) is 12.2. The third kappa shape index (κ3) is 2.49. The number of aliphatic imine (C=N–C) groups is 1. The van der Waals surface area contributed by atoms with Gasteiger partial charge in [0.25, 0.3) is 0 Å². The highest BCUT2D eigenvalue weighted by molar-refractivity contribution is 8.02. The fourth-order valence-corrected chi connectivity index (χ4v) is 2.99. The molecule has 3 rings (SSSR count). The summed E-state index contributed by atoms with van der Waals surface area (Å²) in [6.07, 6.45) is 0. The topological polar surface area (TPSA) is 12.4 Å². The molecule has 1 aliphatic heterocycles. The zero-order valence-corrected chi connectivity index (χ0v) is 11.9. The Bertz CT molecular complexity index is 683. The molecule has 0 bridgehead atoms. The van der Waals surface area contributed by atoms with Crippen LogP contribution in [0.25, 0.3) is 0 Å². The van der Waals surface area contributed by atoms with E-state index in [1.807, 2.05) is 0 Å². The van der Waals surface area contributed by atoms with Crippen molar-refractivity contribution in [3.05, 3.63) is 76.3 Å². The highest BCUT2D eigenvalue weighted by Gasteiger charge is 2.14. The maximum Gasteiger partial charge on any atom is 0.0789 e. The molecule has 0 fully saturated rings. The molecule has 2 heteroatoms. The van der Waals surface area contributed by atoms with Crippen LogP contribution in [0.2, 0.25) is 0 Å². The van der Waals surface area contributed by atoms with Crippen molar-refractivity contribution in [1.82, 2.24) is 0 Å². The summed E-state index contributed by atoms with van der Waals surface area (Å²) in [6.45, 7) is 4.17. The second kappa shape index (κ2) is 5.06. The van der Waals surface area contributed by atoms with E-state index in [2.05, 4.69) is 67.8 Å². The molecule has 0 atom stereocenters. The molecule has 0 spiro atoms. The number of fused-ring (bicyclic) bond motifs is 1. The highest BCUT2D eigenvalue weighted by Crippen LogP contribution is 2.30. The van der Waals surface area contributed by atoms with Crippen molar-refractivity contribution < 1.29 is 0 Å². The van der Waals surface area contributed by atoms with Crippen LogP contribution in [0.15, 0.2) is 69.5 Å². The van der Waals surface area contributed by atoms with Crippen molar-refractivity contribution in [3.63, 3.8) is 0 Å². The Kier molecular flexibility index (Phi) is 3.26. The number of rotatable bonds is 1. The summed E-state index contributed by atoms with van der Waals surface area (Å²) in [6, 6.07) is 17.0. The molecule has 0 aromatic heterocycles. The lowest BCUT2D eigenvalue weighted by atomic mass is 10.0. The van der Waals surface area contributed by atoms with Crippen LogP contribution in [-0.2, 0) is 0 Å². The molecule has 0 saturated carbocycles. The van der Waals surface area contributed by atoms with E-state index in [4.69, 9.17) is 4.99 Å². The van der Waals surface area contributed by atoms with Crippen LogP contribution >= 0.6 is 11.8 Å². The van der Waals surface area contributed by atoms with Gasteiger partial charge in [0, 0.05) is 21.7 Å². The van der Waals surface area contributed by atoms with Gasteiger partial charge in [-0.3, -0.25) is 4.99 Å². The number of hydrogen-bond acceptors (Lipinski definition) is 2. The summed E-state index contributed by atoms with van der Waals surface area (Å²) in [4.78, 5) is 6.05. The van der Waals surface area contributed by atoms with Gasteiger partial charge >= 0.3 is 0 Å². The number of thioether (sulfide) groups is 1. The molecular weight excluding hydrogens is 250 g/mol. The average molecular weight is 265 g/mol. The maximum atomic E-state index is 4.79. The van der Waals surface area contributed by atoms with Gasteiger partial charge in [0.15, 0.2) is 0 Å². The average Bonchev–Trinajstić information content (AvgIpc) is 2.59. The number of allylic oxidation sites excluding steroid dienone is 1. The van der Waals surface area contributed by atoms with Crippen LogP contribution in [0.4, 0.5) is 0 Å². The summed E-state index contributed by atoms with van der Waals surface area (Å²) in [5.41, 5.74) is 5.78. The third-order valence-corrected chi connectivity index (χ3v) is 4.15. The normalized spacial score (nSPS) is 14.2. The van der Waals surface area contributed by atoms with E-state index >= 15 is 0 Å². The van der Waals surface area contributed by atoms with Gasteiger partial charge in [0.2, 0.25) is 0 Å². The van der Waals surface area contributed by atoms with Crippen LogP contribution in [0.5, 0.6) is 0 Å². The first-order valence-corrected chi connectivity index (χ1v) is 7.20. The van der Waals surface area contributed by atoms with Crippen molar-refractivity contribution >= 4 is 17.5 Å². The quantitative estimate of drug-likeness (QED) is 0.721. The largest absolute Gasteiger partial charge is 0.252 e. The molecule has 0 aliphatic carbocycles. The number of aryl methyl sites for hydroxylation is 1. The first-order valence-electron chi connectivity index (χ1n) is 6.32. The van der Waals surface area contributed by atoms with E-state index in [1.54, 1.807) is 11.8 Å². The zero-order valence-electron chi connectivity index (χ0n) is 11.1. The van der Waals surface area contributed by atoms with Crippen LogP contribution < -0.4 is 0 Å². The highest BCUT2D eigenvalue weighted by atomic mass is 32.2. The SMILES string of the molecule is CC1=CSc2ccccc2C(c2cccc(C)c2)=N1. The molecule has 2 aromatic rings. The number of benzene rings is 2. The molecular formula is C17H15NS. The van der Waals surface area contributed by atoms with Gasteiger partial charge < -0.3 is 0 Å². The molecule has 1 heterocycles. The van der Waals surface area contributed by atoms with Crippen LogP contribution in [-0.4, -0.2) is 5.71 Å². The van der Waals surface area contributed by atoms with Crippen LogP contribution in [0.1, 0.15) is 23.6 Å². The van der Waals surface area contributed by atoms with E-state index in [0.29, 0.717) is 0 Å². The number of hydrogen-bond donors (Lipinski definition) is 0. The second-order valence-electron chi connectivity index (χ2n) is 4.70. The molecule has 0 N–H and O–H groups in total. The van der Waals surface area contributed by atoms with Gasteiger partial charge in [-0.2, -0.15) is 0 Å². The summed E-state index contributed by atoms with van der Waals surface area (Å²) in [7, 11) is 0. The summed E-state index contributed by atoms with van der Waals surface area (Å²) in [5.74, 6) is 0. The Morgan fingerprint density at radius 2 is 1.79 bits per heavy atom. The number of nitrogens with zero attached hydrogens (tertiary/aromatic N) is 1. The zero-order chi connectivity index (χ0) is 13.2. The Morgan fingerprint density at radius 1 is 0.947 bits per heavy atom. The summed E-state index contributed by atoms with van der Waals surface area (Å²) >= 11 is 1.74. The van der Waals surface area contributed by atoms with Gasteiger partial charge in [-0.1, -0.05) is 53.7 Å². The van der Waals surface area contributed by atoms with Crippen molar-refractivity contribution in [3.8, 4) is 0 Å².